The van der Waals surface area contributed by atoms with Crippen LogP contribution in [-0.4, -0.2) is 12.0 Å². The van der Waals surface area contributed by atoms with Crippen molar-refractivity contribution in [2.75, 3.05) is 12.4 Å². The second kappa shape index (κ2) is 4.97. The average Bonchev–Trinajstić information content (AvgIpc) is 2.63. The van der Waals surface area contributed by atoms with Crippen LogP contribution in [0.3, 0.4) is 0 Å². The van der Waals surface area contributed by atoms with Crippen molar-refractivity contribution in [3.63, 3.8) is 0 Å². The van der Waals surface area contributed by atoms with E-state index in [-0.39, 0.29) is 0 Å². The highest BCUT2D eigenvalue weighted by molar-refractivity contribution is 9.10. The van der Waals surface area contributed by atoms with Gasteiger partial charge in [-0.15, -0.1) is 11.3 Å². The van der Waals surface area contributed by atoms with Gasteiger partial charge in [0.25, 0.3) is 0 Å². The van der Waals surface area contributed by atoms with E-state index < -0.39 is 0 Å². The third kappa shape index (κ3) is 2.44. The molecule has 16 heavy (non-hydrogen) atoms. The Morgan fingerprint density at radius 2 is 2.12 bits per heavy atom. The molecule has 84 valence electrons. The Labute approximate surface area is 108 Å². The number of aryl methyl sites for hydroxylation is 1. The van der Waals surface area contributed by atoms with E-state index in [1.54, 1.807) is 11.3 Å². The summed E-state index contributed by atoms with van der Waals surface area (Å²) in [4.78, 5) is 5.76. The summed E-state index contributed by atoms with van der Waals surface area (Å²) >= 11 is 5.29. The first-order valence-corrected chi connectivity index (χ1v) is 6.69. The number of halogens is 1. The van der Waals surface area contributed by atoms with Crippen LogP contribution >= 0.6 is 27.3 Å². The molecule has 0 unspecified atom stereocenters. The van der Waals surface area contributed by atoms with E-state index in [0.717, 1.165) is 21.7 Å². The summed E-state index contributed by atoms with van der Waals surface area (Å²) in [7, 11) is 1.90. The summed E-state index contributed by atoms with van der Waals surface area (Å²) in [5, 5.41) is 4.07. The Morgan fingerprint density at radius 3 is 2.75 bits per heavy atom. The fraction of sp³-hybridized carbons (Fsp3) is 0.250. The van der Waals surface area contributed by atoms with E-state index in [1.807, 2.05) is 13.1 Å². The third-order valence-electron chi connectivity index (χ3n) is 2.42. The molecule has 2 rings (SSSR count). The van der Waals surface area contributed by atoms with Crippen molar-refractivity contribution in [3.8, 4) is 0 Å². The molecule has 1 heterocycles. The predicted octanol–water partition coefficient (Wildman–Crippen LogP) is 3.85. The van der Waals surface area contributed by atoms with Crippen molar-refractivity contribution in [2.24, 2.45) is 0 Å². The number of nitrogens with one attached hydrogen (secondary N) is 1. The monoisotopic (exact) mass is 296 g/mol. The van der Waals surface area contributed by atoms with Crippen molar-refractivity contribution in [1.82, 2.24) is 4.98 Å². The Balaban J connectivity index is 2.27. The van der Waals surface area contributed by atoms with Gasteiger partial charge in [-0.2, -0.15) is 0 Å². The lowest BCUT2D eigenvalue weighted by molar-refractivity contribution is 1.14. The quantitative estimate of drug-likeness (QED) is 0.931. The molecule has 2 aromatic rings. The van der Waals surface area contributed by atoms with Crippen LogP contribution in [0.4, 0.5) is 5.13 Å². The van der Waals surface area contributed by atoms with Crippen LogP contribution in [0, 0.1) is 6.92 Å². The van der Waals surface area contributed by atoms with Crippen LogP contribution in [0.25, 0.3) is 0 Å². The number of aromatic nitrogens is 1. The minimum absolute atomic E-state index is 0.937. The lowest BCUT2D eigenvalue weighted by Gasteiger charge is -2.02. The molecule has 0 saturated heterocycles. The molecular formula is C12H13BrN2S. The van der Waals surface area contributed by atoms with Crippen LogP contribution in [0.15, 0.2) is 28.7 Å². The molecule has 1 aromatic heterocycles. The summed E-state index contributed by atoms with van der Waals surface area (Å²) in [6, 6.07) is 8.31. The Morgan fingerprint density at radius 1 is 1.38 bits per heavy atom. The van der Waals surface area contributed by atoms with Crippen molar-refractivity contribution in [3.05, 3.63) is 44.9 Å². The summed E-state index contributed by atoms with van der Waals surface area (Å²) in [5.41, 5.74) is 2.42. The lowest BCUT2D eigenvalue weighted by Crippen LogP contribution is -1.88. The zero-order valence-electron chi connectivity index (χ0n) is 9.25. The largest absolute Gasteiger partial charge is 0.365 e. The molecule has 0 aliphatic carbocycles. The van der Waals surface area contributed by atoms with E-state index in [0.29, 0.717) is 0 Å². The van der Waals surface area contributed by atoms with Gasteiger partial charge in [0, 0.05) is 22.8 Å². The zero-order chi connectivity index (χ0) is 11.5. The molecule has 0 saturated carbocycles. The van der Waals surface area contributed by atoms with Gasteiger partial charge in [0.15, 0.2) is 5.13 Å². The van der Waals surface area contributed by atoms with Gasteiger partial charge in [0.1, 0.15) is 0 Å². The van der Waals surface area contributed by atoms with E-state index in [4.69, 9.17) is 0 Å². The molecule has 1 aromatic carbocycles. The standard InChI is InChI=1S/C12H13BrN2S/c1-8-11(16-12(14-2)15-8)7-9-5-3-4-6-10(9)13/h3-6H,7H2,1-2H3,(H,14,15). The van der Waals surface area contributed by atoms with E-state index in [9.17, 15) is 0 Å². The highest BCUT2D eigenvalue weighted by Gasteiger charge is 2.08. The van der Waals surface area contributed by atoms with E-state index >= 15 is 0 Å². The van der Waals surface area contributed by atoms with Gasteiger partial charge in [-0.05, 0) is 18.6 Å². The highest BCUT2D eigenvalue weighted by atomic mass is 79.9. The van der Waals surface area contributed by atoms with Crippen molar-refractivity contribution < 1.29 is 0 Å². The molecule has 0 spiro atoms. The van der Waals surface area contributed by atoms with Gasteiger partial charge < -0.3 is 5.32 Å². The summed E-state index contributed by atoms with van der Waals surface area (Å²) in [5.74, 6) is 0. The summed E-state index contributed by atoms with van der Waals surface area (Å²) in [6.45, 7) is 2.06. The number of hydrogen-bond acceptors (Lipinski definition) is 3. The van der Waals surface area contributed by atoms with Crippen LogP contribution in [0.1, 0.15) is 16.1 Å². The molecule has 0 bridgehead atoms. The second-order valence-corrected chi connectivity index (χ2v) is 5.48. The third-order valence-corrected chi connectivity index (χ3v) is 4.36. The molecule has 0 aliphatic rings. The Kier molecular flexibility index (Phi) is 3.61. The van der Waals surface area contributed by atoms with Crippen LogP contribution in [0.2, 0.25) is 0 Å². The number of benzene rings is 1. The lowest BCUT2D eigenvalue weighted by atomic mass is 10.1. The van der Waals surface area contributed by atoms with E-state index in [1.165, 1.54) is 10.4 Å². The summed E-state index contributed by atoms with van der Waals surface area (Å²) in [6.07, 6.45) is 0.937. The highest BCUT2D eigenvalue weighted by Crippen LogP contribution is 2.27. The Bertz CT molecular complexity index is 494. The molecular weight excluding hydrogens is 284 g/mol. The fourth-order valence-corrected chi connectivity index (χ4v) is 2.88. The first kappa shape index (κ1) is 11.6. The van der Waals surface area contributed by atoms with Gasteiger partial charge in [-0.25, -0.2) is 4.98 Å². The molecule has 0 amide bonds. The number of anilines is 1. The van der Waals surface area contributed by atoms with Crippen LogP contribution in [-0.2, 0) is 6.42 Å². The van der Waals surface area contributed by atoms with Crippen LogP contribution in [0.5, 0.6) is 0 Å². The molecule has 0 fully saturated rings. The van der Waals surface area contributed by atoms with Crippen molar-refractivity contribution >= 4 is 32.4 Å². The first-order valence-electron chi connectivity index (χ1n) is 5.08. The zero-order valence-corrected chi connectivity index (χ0v) is 11.7. The first-order chi connectivity index (χ1) is 7.70. The normalized spacial score (nSPS) is 10.4. The summed E-state index contributed by atoms with van der Waals surface area (Å²) < 4.78 is 1.16. The van der Waals surface area contributed by atoms with Crippen molar-refractivity contribution in [1.29, 1.82) is 0 Å². The topological polar surface area (TPSA) is 24.9 Å². The maximum Gasteiger partial charge on any atom is 0.182 e. The fourth-order valence-electron chi connectivity index (χ4n) is 1.51. The van der Waals surface area contributed by atoms with Gasteiger partial charge in [0.05, 0.1) is 5.69 Å². The average molecular weight is 297 g/mol. The number of hydrogen-bond donors (Lipinski definition) is 1. The number of nitrogens with zero attached hydrogens (tertiary/aromatic N) is 1. The van der Waals surface area contributed by atoms with Gasteiger partial charge in [-0.1, -0.05) is 34.1 Å². The molecule has 4 heteroatoms. The maximum atomic E-state index is 4.45. The van der Waals surface area contributed by atoms with Gasteiger partial charge >= 0.3 is 0 Å². The van der Waals surface area contributed by atoms with Gasteiger partial charge in [-0.3, -0.25) is 0 Å². The smallest absolute Gasteiger partial charge is 0.182 e. The minimum atomic E-state index is 0.937. The predicted molar refractivity (Wildman–Crippen MR) is 73.3 cm³/mol. The SMILES string of the molecule is CNc1nc(C)c(Cc2ccccc2Br)s1. The molecule has 0 radical (unpaired) electrons. The molecule has 0 aliphatic heterocycles. The molecule has 0 atom stereocenters. The second-order valence-electron chi connectivity index (χ2n) is 3.55. The van der Waals surface area contributed by atoms with E-state index in [2.05, 4.69) is 51.4 Å². The molecule has 2 nitrogen and oxygen atoms in total. The Hall–Kier alpha value is -0.870. The number of rotatable bonds is 3. The maximum absolute atomic E-state index is 4.45. The van der Waals surface area contributed by atoms with Gasteiger partial charge in [0.2, 0.25) is 0 Å². The minimum Gasteiger partial charge on any atom is -0.365 e. The number of thiazole rings is 1. The molecule has 1 N–H and O–H groups in total. The van der Waals surface area contributed by atoms with Crippen molar-refractivity contribution in [2.45, 2.75) is 13.3 Å². The van der Waals surface area contributed by atoms with Crippen LogP contribution < -0.4 is 5.32 Å².